The summed E-state index contributed by atoms with van der Waals surface area (Å²) in [5.41, 5.74) is 0.740. The van der Waals surface area contributed by atoms with Crippen LogP contribution in [0.1, 0.15) is 32.0 Å². The van der Waals surface area contributed by atoms with E-state index < -0.39 is 6.43 Å². The fourth-order valence-corrected chi connectivity index (χ4v) is 3.49. The number of carbonyl (C=O) groups is 1. The number of aryl methyl sites for hydroxylation is 1. The van der Waals surface area contributed by atoms with E-state index in [1.807, 2.05) is 9.80 Å². The van der Waals surface area contributed by atoms with Gasteiger partial charge in [0.05, 0.1) is 0 Å². The Labute approximate surface area is 149 Å². The molecule has 2 fully saturated rings. The summed E-state index contributed by atoms with van der Waals surface area (Å²) in [6.45, 7) is 5.02. The van der Waals surface area contributed by atoms with Crippen molar-refractivity contribution in [1.29, 1.82) is 0 Å². The van der Waals surface area contributed by atoms with Gasteiger partial charge in [0.15, 0.2) is 22.8 Å². The molecule has 0 aliphatic carbocycles. The van der Waals surface area contributed by atoms with Crippen LogP contribution in [0.4, 0.5) is 19.4 Å². The van der Waals surface area contributed by atoms with Gasteiger partial charge in [0.25, 0.3) is 6.43 Å². The lowest BCUT2D eigenvalue weighted by atomic mass is 10.2. The Balaban J connectivity index is 1.53. The van der Waals surface area contributed by atoms with E-state index in [0.29, 0.717) is 36.6 Å². The Bertz CT molecular complexity index is 820. The second kappa shape index (κ2) is 6.65. The molecule has 1 unspecified atom stereocenters. The van der Waals surface area contributed by atoms with Gasteiger partial charge < -0.3 is 19.7 Å². The summed E-state index contributed by atoms with van der Waals surface area (Å²) >= 11 is 0. The van der Waals surface area contributed by atoms with Gasteiger partial charge in [0, 0.05) is 38.8 Å². The fraction of sp³-hybridized carbons (Fsp3) is 0.625. The fourth-order valence-electron chi connectivity index (χ4n) is 3.49. The molecule has 1 atom stereocenters. The Morgan fingerprint density at radius 1 is 1.31 bits per heavy atom. The van der Waals surface area contributed by atoms with Crippen molar-refractivity contribution >= 4 is 23.0 Å². The normalized spacial score (nSPS) is 20.1. The van der Waals surface area contributed by atoms with Gasteiger partial charge >= 0.3 is 6.03 Å². The summed E-state index contributed by atoms with van der Waals surface area (Å²) in [4.78, 5) is 28.3. The highest BCUT2D eigenvalue weighted by Crippen LogP contribution is 2.27. The number of hydrogen-bond donors (Lipinski definition) is 1. The van der Waals surface area contributed by atoms with Crippen LogP contribution in [-0.2, 0) is 6.54 Å². The summed E-state index contributed by atoms with van der Waals surface area (Å²) in [6.07, 6.45) is 0.521. The quantitative estimate of drug-likeness (QED) is 0.898. The monoisotopic (exact) mass is 365 g/mol. The third kappa shape index (κ3) is 2.82. The predicted molar refractivity (Wildman–Crippen MR) is 91.1 cm³/mol. The van der Waals surface area contributed by atoms with Crippen LogP contribution in [0.2, 0.25) is 0 Å². The predicted octanol–water partition coefficient (Wildman–Crippen LogP) is 2.10. The number of anilines is 1. The van der Waals surface area contributed by atoms with Gasteiger partial charge in [-0.1, -0.05) is 0 Å². The van der Waals surface area contributed by atoms with Crippen molar-refractivity contribution in [3.05, 3.63) is 12.2 Å². The van der Waals surface area contributed by atoms with Gasteiger partial charge in [-0.3, -0.25) is 0 Å². The maximum absolute atomic E-state index is 13.2. The number of alkyl halides is 2. The van der Waals surface area contributed by atoms with Crippen molar-refractivity contribution < 1.29 is 13.6 Å². The average molecular weight is 365 g/mol. The van der Waals surface area contributed by atoms with Gasteiger partial charge in [-0.2, -0.15) is 0 Å². The summed E-state index contributed by atoms with van der Waals surface area (Å²) in [7, 11) is 0. The molecular weight excluding hydrogens is 344 g/mol. The van der Waals surface area contributed by atoms with Crippen molar-refractivity contribution in [2.45, 2.75) is 38.8 Å². The Hall–Kier alpha value is -2.52. The third-order valence-electron chi connectivity index (χ3n) is 5.00. The molecule has 2 amide bonds. The highest BCUT2D eigenvalue weighted by molar-refractivity contribution is 5.83. The van der Waals surface area contributed by atoms with Gasteiger partial charge in [-0.25, -0.2) is 28.5 Å². The van der Waals surface area contributed by atoms with Crippen molar-refractivity contribution in [2.24, 2.45) is 0 Å². The molecule has 2 aromatic rings. The molecule has 140 valence electrons. The molecule has 10 heteroatoms. The van der Waals surface area contributed by atoms with Crippen LogP contribution in [0.25, 0.3) is 11.2 Å². The molecule has 0 bridgehead atoms. The van der Waals surface area contributed by atoms with Crippen molar-refractivity contribution in [1.82, 2.24) is 29.3 Å². The standard InChI is InChI=1S/C16H21F2N7O/c1-2-25-14-11(22-15(25)12(17)18)13(19-9-20-14)21-10-4-7-24(8-10)16(26)23-5-3-6-23/h9-10,12H,2-8H2,1H3,(H,19,20,21). The summed E-state index contributed by atoms with van der Waals surface area (Å²) in [5.74, 6) is 0.138. The van der Waals surface area contributed by atoms with E-state index in [1.54, 1.807) is 6.92 Å². The molecule has 2 aromatic heterocycles. The minimum Gasteiger partial charge on any atom is -0.364 e. The number of likely N-dealkylation sites (tertiary alicyclic amines) is 2. The van der Waals surface area contributed by atoms with Crippen LogP contribution in [0.15, 0.2) is 6.33 Å². The zero-order valence-corrected chi connectivity index (χ0v) is 14.5. The van der Waals surface area contributed by atoms with Crippen LogP contribution >= 0.6 is 0 Å². The number of urea groups is 1. The number of nitrogens with one attached hydrogen (secondary N) is 1. The van der Waals surface area contributed by atoms with E-state index in [2.05, 4.69) is 20.3 Å². The van der Waals surface area contributed by atoms with E-state index in [4.69, 9.17) is 0 Å². The number of fused-ring (bicyclic) bond motifs is 1. The lowest BCUT2D eigenvalue weighted by Gasteiger charge is -2.34. The molecule has 4 heterocycles. The first-order valence-electron chi connectivity index (χ1n) is 8.88. The molecule has 0 saturated carbocycles. The Kier molecular flexibility index (Phi) is 4.33. The first-order chi connectivity index (χ1) is 12.6. The largest absolute Gasteiger partial charge is 0.364 e. The highest BCUT2D eigenvalue weighted by Gasteiger charge is 2.32. The number of carbonyl (C=O) groups excluding carboxylic acids is 1. The van der Waals surface area contributed by atoms with Crippen molar-refractivity contribution in [3.8, 4) is 0 Å². The maximum atomic E-state index is 13.2. The third-order valence-corrected chi connectivity index (χ3v) is 5.00. The maximum Gasteiger partial charge on any atom is 0.320 e. The SMILES string of the molecule is CCn1c(C(F)F)nc2c(NC3CCN(C(=O)N4CCC4)C3)ncnc21. The Morgan fingerprint density at radius 2 is 2.12 bits per heavy atom. The van der Waals surface area contributed by atoms with E-state index in [1.165, 1.54) is 10.9 Å². The van der Waals surface area contributed by atoms with Gasteiger partial charge in [-0.05, 0) is 19.8 Å². The van der Waals surface area contributed by atoms with Crippen LogP contribution in [0.3, 0.4) is 0 Å². The summed E-state index contributed by atoms with van der Waals surface area (Å²) in [5, 5.41) is 3.26. The zero-order valence-electron chi connectivity index (χ0n) is 14.5. The van der Waals surface area contributed by atoms with Crippen LogP contribution in [0, 0.1) is 0 Å². The number of aromatic nitrogens is 4. The van der Waals surface area contributed by atoms with Crippen LogP contribution in [0.5, 0.6) is 0 Å². The molecule has 2 aliphatic rings. The summed E-state index contributed by atoms with van der Waals surface area (Å²) < 4.78 is 27.9. The molecule has 1 N–H and O–H groups in total. The van der Waals surface area contributed by atoms with Gasteiger partial charge in [0.2, 0.25) is 0 Å². The van der Waals surface area contributed by atoms with E-state index in [-0.39, 0.29) is 17.9 Å². The first-order valence-corrected chi connectivity index (χ1v) is 8.88. The first kappa shape index (κ1) is 16.9. The molecule has 4 rings (SSSR count). The number of imidazole rings is 1. The summed E-state index contributed by atoms with van der Waals surface area (Å²) in [6, 6.07) is 0.0868. The van der Waals surface area contributed by atoms with Gasteiger partial charge in [0.1, 0.15) is 6.33 Å². The molecule has 0 spiro atoms. The molecule has 8 nitrogen and oxygen atoms in total. The number of hydrogen-bond acceptors (Lipinski definition) is 5. The van der Waals surface area contributed by atoms with Crippen molar-refractivity contribution in [2.75, 3.05) is 31.5 Å². The molecule has 2 saturated heterocycles. The molecular formula is C16H21F2N7O. The highest BCUT2D eigenvalue weighted by atomic mass is 19.3. The lowest BCUT2D eigenvalue weighted by Crippen LogP contribution is -2.49. The number of nitrogens with zero attached hydrogens (tertiary/aromatic N) is 6. The molecule has 0 radical (unpaired) electrons. The van der Waals surface area contributed by atoms with Crippen molar-refractivity contribution in [3.63, 3.8) is 0 Å². The zero-order chi connectivity index (χ0) is 18.3. The van der Waals surface area contributed by atoms with E-state index in [9.17, 15) is 13.6 Å². The Morgan fingerprint density at radius 3 is 2.77 bits per heavy atom. The number of rotatable bonds is 4. The number of amides is 2. The second-order valence-electron chi connectivity index (χ2n) is 6.61. The second-order valence-corrected chi connectivity index (χ2v) is 6.61. The smallest absolute Gasteiger partial charge is 0.320 e. The molecule has 26 heavy (non-hydrogen) atoms. The van der Waals surface area contributed by atoms with Crippen LogP contribution in [-0.4, -0.2) is 67.6 Å². The van der Waals surface area contributed by atoms with Gasteiger partial charge in [-0.15, -0.1) is 0 Å². The van der Waals surface area contributed by atoms with E-state index >= 15 is 0 Å². The van der Waals surface area contributed by atoms with Crippen LogP contribution < -0.4 is 5.32 Å². The topological polar surface area (TPSA) is 79.2 Å². The molecule has 0 aromatic carbocycles. The average Bonchev–Trinajstić information content (AvgIpc) is 3.18. The number of halogens is 2. The van der Waals surface area contributed by atoms with E-state index in [0.717, 1.165) is 25.9 Å². The molecule has 2 aliphatic heterocycles. The minimum atomic E-state index is -2.67. The lowest BCUT2D eigenvalue weighted by molar-refractivity contribution is 0.134. The minimum absolute atomic E-state index is 0.0140.